The van der Waals surface area contributed by atoms with E-state index >= 15 is 0 Å². The van der Waals surface area contributed by atoms with E-state index in [1.807, 2.05) is 0 Å². The van der Waals surface area contributed by atoms with Crippen molar-refractivity contribution in [1.82, 2.24) is 0 Å². The molecule has 4 heteroatoms. The van der Waals surface area contributed by atoms with Crippen LogP contribution in [0.5, 0.6) is 0 Å². The van der Waals surface area contributed by atoms with Gasteiger partial charge in [-0.3, -0.25) is 0 Å². The Hall–Kier alpha value is 0.627. The van der Waals surface area contributed by atoms with E-state index < -0.39 is 21.3 Å². The molecular weight excluding hydrogens is 590 g/mol. The maximum atomic E-state index is 8.11. The fourth-order valence-electron chi connectivity index (χ4n) is 5.18. The van der Waals surface area contributed by atoms with Gasteiger partial charge >= 0.3 is 197 Å². The molecule has 0 bridgehead atoms. The summed E-state index contributed by atoms with van der Waals surface area (Å²) in [7, 11) is 16.2. The van der Waals surface area contributed by atoms with Crippen LogP contribution in [0.25, 0.3) is 0 Å². The number of halogens is 2. The summed E-state index contributed by atoms with van der Waals surface area (Å²) in [6.07, 6.45) is 17.3. The molecule has 0 heterocycles. The number of unbranched alkanes of at least 4 members (excludes halogenated alkanes) is 2. The van der Waals surface area contributed by atoms with Crippen LogP contribution in [-0.4, -0.2) is 5.98 Å². The van der Waals surface area contributed by atoms with Crippen LogP contribution in [0.15, 0.2) is 46.6 Å². The molecule has 0 amide bonds. The molecule has 0 aromatic rings. The number of allylic oxidation sites excluding steroid dienone is 8. The SMILES string of the molecule is CCCCC1=CC(C(C)C)=C[CH]1[Hf]([Cl])([Cl])([CH]1C=C(C(C)C)C=C1CCCC)[SiH](C)C. The second kappa shape index (κ2) is 10.7. The summed E-state index contributed by atoms with van der Waals surface area (Å²) in [6, 6.07) is 0. The van der Waals surface area contributed by atoms with Crippen LogP contribution in [0.4, 0.5) is 0 Å². The van der Waals surface area contributed by atoms with Crippen molar-refractivity contribution in [1.29, 1.82) is 0 Å². The van der Waals surface area contributed by atoms with Crippen LogP contribution in [0.1, 0.15) is 80.1 Å². The van der Waals surface area contributed by atoms with Crippen LogP contribution in [-0.2, 0) is 15.3 Å². The van der Waals surface area contributed by atoms with Crippen LogP contribution < -0.4 is 0 Å². The van der Waals surface area contributed by atoms with E-state index in [2.05, 4.69) is 78.9 Å². The summed E-state index contributed by atoms with van der Waals surface area (Å²) >= 11 is -4.38. The third kappa shape index (κ3) is 5.23. The van der Waals surface area contributed by atoms with Crippen molar-refractivity contribution in [3.05, 3.63) is 46.6 Å². The van der Waals surface area contributed by atoms with Crippen molar-refractivity contribution < 1.29 is 15.3 Å². The van der Waals surface area contributed by atoms with E-state index in [-0.39, 0.29) is 0 Å². The van der Waals surface area contributed by atoms with Crippen molar-refractivity contribution in [2.75, 3.05) is 0 Å². The molecule has 0 saturated heterocycles. The summed E-state index contributed by atoms with van der Waals surface area (Å²) < 4.78 is 0.664. The molecular formula is C26H45Cl2HfSi. The molecule has 2 unspecified atom stereocenters. The number of hydrogen-bond donors (Lipinski definition) is 0. The fraction of sp³-hybridized carbons (Fsp3) is 0.692. The molecule has 0 fully saturated rings. The molecule has 2 aliphatic carbocycles. The maximum absolute atomic E-state index is 8.11. The van der Waals surface area contributed by atoms with Gasteiger partial charge in [-0.05, 0) is 0 Å². The summed E-state index contributed by atoms with van der Waals surface area (Å²) in [5, 5.41) is 0. The molecule has 0 N–H and O–H groups in total. The molecule has 0 aromatic heterocycles. The second-order valence-corrected chi connectivity index (χ2v) is 70.2. The van der Waals surface area contributed by atoms with Gasteiger partial charge in [0.2, 0.25) is 0 Å². The zero-order valence-electron chi connectivity index (χ0n) is 20.7. The molecule has 0 nitrogen and oxygen atoms in total. The van der Waals surface area contributed by atoms with Gasteiger partial charge in [0.05, 0.1) is 0 Å². The van der Waals surface area contributed by atoms with Gasteiger partial charge in [0.15, 0.2) is 0 Å². The van der Waals surface area contributed by atoms with Crippen molar-refractivity contribution in [3.8, 4) is 0 Å². The van der Waals surface area contributed by atoms with Gasteiger partial charge in [0.25, 0.3) is 0 Å². The number of hydrogen-bond acceptors (Lipinski definition) is 0. The zero-order valence-corrected chi connectivity index (χ0v) is 27.0. The summed E-state index contributed by atoms with van der Waals surface area (Å²) in [5.74, 6) is -0.230. The van der Waals surface area contributed by atoms with E-state index in [9.17, 15) is 0 Å². The average Bonchev–Trinajstić information content (AvgIpc) is 3.30. The molecule has 0 aliphatic heterocycles. The molecule has 0 saturated carbocycles. The fourth-order valence-corrected chi connectivity index (χ4v) is 45.6. The second-order valence-electron chi connectivity index (χ2n) is 10.6. The summed E-state index contributed by atoms with van der Waals surface area (Å²) in [4.78, 5) is 0. The summed E-state index contributed by atoms with van der Waals surface area (Å²) in [6.45, 7) is 18.7. The Morgan fingerprint density at radius 2 is 1.17 bits per heavy atom. The topological polar surface area (TPSA) is 0 Å². The number of rotatable bonds is 11. The van der Waals surface area contributed by atoms with Gasteiger partial charge in [0, 0.05) is 0 Å². The molecule has 2 aliphatic rings. The van der Waals surface area contributed by atoms with Gasteiger partial charge < -0.3 is 0 Å². The normalized spacial score (nSPS) is 23.6. The van der Waals surface area contributed by atoms with Crippen LogP contribution in [0, 0.1) is 11.8 Å². The minimum absolute atomic E-state index is 0.332. The van der Waals surface area contributed by atoms with E-state index in [1.54, 1.807) is 11.1 Å². The van der Waals surface area contributed by atoms with Crippen molar-refractivity contribution in [3.63, 3.8) is 0 Å². The molecule has 171 valence electrons. The minimum atomic E-state index is -4.38. The van der Waals surface area contributed by atoms with Crippen LogP contribution in [0.3, 0.4) is 0 Å². The predicted molar refractivity (Wildman–Crippen MR) is 139 cm³/mol. The Bertz CT molecular complexity index is 684. The van der Waals surface area contributed by atoms with Gasteiger partial charge in [-0.15, -0.1) is 0 Å². The third-order valence-corrected chi connectivity index (χ3v) is 80.9. The first-order chi connectivity index (χ1) is 14.0. The van der Waals surface area contributed by atoms with Crippen molar-refractivity contribution in [2.45, 2.75) is 101 Å². The summed E-state index contributed by atoms with van der Waals surface area (Å²) in [5.41, 5.74) is 6.05. The Morgan fingerprint density at radius 3 is 1.43 bits per heavy atom. The first kappa shape index (κ1) is 26.9. The van der Waals surface area contributed by atoms with Crippen molar-refractivity contribution >= 4 is 23.1 Å². The van der Waals surface area contributed by atoms with E-state index in [4.69, 9.17) is 17.2 Å². The molecule has 0 spiro atoms. The zero-order chi connectivity index (χ0) is 22.7. The monoisotopic (exact) mass is 635 g/mol. The Balaban J connectivity index is 2.62. The average molecular weight is 635 g/mol. The van der Waals surface area contributed by atoms with Gasteiger partial charge in [-0.25, -0.2) is 0 Å². The molecule has 2 atom stereocenters. The first-order valence-corrected chi connectivity index (χ1v) is 34.5. The molecule has 2 rings (SSSR count). The van der Waals surface area contributed by atoms with Crippen LogP contribution >= 0.6 is 17.2 Å². The molecule has 0 aromatic carbocycles. The Labute approximate surface area is 196 Å². The van der Waals surface area contributed by atoms with Gasteiger partial charge in [-0.2, -0.15) is 0 Å². The predicted octanol–water partition coefficient (Wildman–Crippen LogP) is 9.97. The van der Waals surface area contributed by atoms with Crippen LogP contribution in [0.2, 0.25) is 20.4 Å². The Morgan fingerprint density at radius 1 is 0.800 bits per heavy atom. The third-order valence-electron chi connectivity index (χ3n) is 7.48. The van der Waals surface area contributed by atoms with Gasteiger partial charge in [-0.1, -0.05) is 0 Å². The van der Waals surface area contributed by atoms with E-state index in [1.165, 1.54) is 36.8 Å². The van der Waals surface area contributed by atoms with E-state index in [0.717, 1.165) is 12.8 Å². The molecule has 0 radical (unpaired) electrons. The standard InChI is InChI=1S/2C12H19.C2H7Si.2ClH.Hf/c2*1-4-5-6-11-7-8-12(9-11)10(2)3;1-3-2;;;/h2*7-10H,4-6H2,1-3H3;3H,1-2H3;2*1H;/q;;;;;+2/p-2. The Kier molecular flexibility index (Phi) is 9.59. The van der Waals surface area contributed by atoms with Gasteiger partial charge in [0.1, 0.15) is 0 Å². The quantitative estimate of drug-likeness (QED) is 0.199. The van der Waals surface area contributed by atoms with Crippen molar-refractivity contribution in [2.24, 2.45) is 11.8 Å². The molecule has 30 heavy (non-hydrogen) atoms. The van der Waals surface area contributed by atoms with E-state index in [0.29, 0.717) is 19.2 Å². The first-order valence-electron chi connectivity index (χ1n) is 12.4.